The molecule has 2 nitrogen and oxygen atoms in total. The normalized spacial score (nSPS) is 17.6. The molecule has 2 N–H and O–H groups in total. The zero-order chi connectivity index (χ0) is 12.3. The summed E-state index contributed by atoms with van der Waals surface area (Å²) in [5, 5.41) is 12.9. The maximum atomic E-state index is 9.54. The summed E-state index contributed by atoms with van der Waals surface area (Å²) in [4.78, 5) is 0. The van der Waals surface area contributed by atoms with Gasteiger partial charge in [0.25, 0.3) is 0 Å². The second kappa shape index (κ2) is 5.65. The summed E-state index contributed by atoms with van der Waals surface area (Å²) in [5.74, 6) is 1.15. The third-order valence-corrected chi connectivity index (χ3v) is 3.78. The molecule has 1 aromatic carbocycles. The van der Waals surface area contributed by atoms with E-state index in [0.717, 1.165) is 18.7 Å². The van der Waals surface area contributed by atoms with Crippen molar-refractivity contribution in [3.63, 3.8) is 0 Å². The van der Waals surface area contributed by atoms with Gasteiger partial charge in [-0.25, -0.2) is 0 Å². The molecule has 0 unspecified atom stereocenters. The van der Waals surface area contributed by atoms with Gasteiger partial charge in [-0.15, -0.1) is 0 Å². The lowest BCUT2D eigenvalue weighted by Gasteiger charge is -2.25. The first kappa shape index (κ1) is 12.6. The van der Waals surface area contributed by atoms with Crippen LogP contribution in [0, 0.1) is 0 Å². The summed E-state index contributed by atoms with van der Waals surface area (Å²) in [7, 11) is 0. The molecule has 0 radical (unpaired) electrons. The Hall–Kier alpha value is -0.860. The Morgan fingerprint density at radius 3 is 2.59 bits per heavy atom. The lowest BCUT2D eigenvalue weighted by atomic mass is 9.85. The topological polar surface area (TPSA) is 32.3 Å². The highest BCUT2D eigenvalue weighted by atomic mass is 16.3. The van der Waals surface area contributed by atoms with Crippen LogP contribution in [0.2, 0.25) is 0 Å². The first-order chi connectivity index (χ1) is 8.22. The average molecular weight is 233 g/mol. The number of hydrogen-bond donors (Lipinski definition) is 2. The van der Waals surface area contributed by atoms with E-state index in [4.69, 9.17) is 0 Å². The Morgan fingerprint density at radius 2 is 2.00 bits per heavy atom. The van der Waals surface area contributed by atoms with Crippen molar-refractivity contribution >= 4 is 0 Å². The fraction of sp³-hybridized carbons (Fsp3) is 0.600. The van der Waals surface area contributed by atoms with Crippen LogP contribution < -0.4 is 5.32 Å². The third-order valence-electron chi connectivity index (χ3n) is 3.78. The predicted molar refractivity (Wildman–Crippen MR) is 71.3 cm³/mol. The first-order valence-electron chi connectivity index (χ1n) is 6.66. The summed E-state index contributed by atoms with van der Waals surface area (Å²) in [5.41, 5.74) is 3.81. The van der Waals surface area contributed by atoms with E-state index in [1.807, 2.05) is 0 Å². The summed E-state index contributed by atoms with van der Waals surface area (Å²) in [6.45, 7) is 6.75. The van der Waals surface area contributed by atoms with E-state index in [2.05, 4.69) is 37.4 Å². The molecule has 1 fully saturated rings. The van der Waals surface area contributed by atoms with Crippen molar-refractivity contribution in [1.29, 1.82) is 0 Å². The molecule has 94 valence electrons. The van der Waals surface area contributed by atoms with Crippen molar-refractivity contribution in [3.05, 3.63) is 34.9 Å². The van der Waals surface area contributed by atoms with Gasteiger partial charge in [-0.1, -0.05) is 32.0 Å². The van der Waals surface area contributed by atoms with E-state index in [9.17, 15) is 5.11 Å². The molecule has 2 heteroatoms. The third kappa shape index (κ3) is 2.88. The van der Waals surface area contributed by atoms with Gasteiger partial charge < -0.3 is 10.4 Å². The van der Waals surface area contributed by atoms with Crippen LogP contribution in [-0.4, -0.2) is 18.2 Å². The van der Waals surface area contributed by atoms with Crippen LogP contribution in [0.5, 0.6) is 0 Å². The van der Waals surface area contributed by atoms with Crippen molar-refractivity contribution in [3.8, 4) is 0 Å². The Balaban J connectivity index is 2.26. The van der Waals surface area contributed by atoms with E-state index in [-0.39, 0.29) is 6.61 Å². The molecule has 0 aliphatic carbocycles. The molecule has 0 amide bonds. The van der Waals surface area contributed by atoms with Gasteiger partial charge in [0.2, 0.25) is 0 Å². The van der Waals surface area contributed by atoms with Crippen LogP contribution >= 0.6 is 0 Å². The summed E-state index contributed by atoms with van der Waals surface area (Å²) in [6, 6.07) is 6.64. The van der Waals surface area contributed by atoms with E-state index in [1.165, 1.54) is 24.0 Å². The zero-order valence-corrected chi connectivity index (χ0v) is 10.9. The van der Waals surface area contributed by atoms with Gasteiger partial charge in [-0.2, -0.15) is 0 Å². The monoisotopic (exact) mass is 233 g/mol. The molecular formula is C15H23NO. The van der Waals surface area contributed by atoms with Gasteiger partial charge in [-0.3, -0.25) is 0 Å². The minimum absolute atomic E-state index is 0.166. The molecule has 17 heavy (non-hydrogen) atoms. The fourth-order valence-electron chi connectivity index (χ4n) is 2.65. The van der Waals surface area contributed by atoms with E-state index in [0.29, 0.717) is 11.8 Å². The van der Waals surface area contributed by atoms with Crippen molar-refractivity contribution in [1.82, 2.24) is 5.32 Å². The maximum absolute atomic E-state index is 9.54. The Labute approximate surface area is 104 Å². The number of aliphatic hydroxyl groups excluding tert-OH is 1. The molecule has 1 saturated heterocycles. The molecule has 2 rings (SSSR count). The van der Waals surface area contributed by atoms with E-state index in [1.54, 1.807) is 0 Å². The largest absolute Gasteiger partial charge is 0.392 e. The van der Waals surface area contributed by atoms with Gasteiger partial charge >= 0.3 is 0 Å². The minimum atomic E-state index is 0.166. The number of benzene rings is 1. The lowest BCUT2D eigenvalue weighted by Crippen LogP contribution is -2.27. The summed E-state index contributed by atoms with van der Waals surface area (Å²) in [6.07, 6.45) is 2.38. The van der Waals surface area contributed by atoms with Gasteiger partial charge in [0, 0.05) is 0 Å². The smallest absolute Gasteiger partial charge is 0.0684 e. The minimum Gasteiger partial charge on any atom is -0.392 e. The second-order valence-electron chi connectivity index (χ2n) is 5.30. The van der Waals surface area contributed by atoms with Crippen LogP contribution in [0.1, 0.15) is 55.2 Å². The fourth-order valence-corrected chi connectivity index (χ4v) is 2.65. The second-order valence-corrected chi connectivity index (χ2v) is 5.30. The highest BCUT2D eigenvalue weighted by Gasteiger charge is 2.18. The standard InChI is InChI=1S/C15H23NO/c1-11(2)13-3-4-15(14(9-13)10-17)12-5-7-16-8-6-12/h3-4,9,11-12,16-17H,5-8,10H2,1-2H3. The highest BCUT2D eigenvalue weighted by Crippen LogP contribution is 2.30. The Bertz CT molecular complexity index is 367. The molecular weight excluding hydrogens is 210 g/mol. The van der Waals surface area contributed by atoms with Gasteiger partial charge in [0.15, 0.2) is 0 Å². The number of aliphatic hydroxyl groups is 1. The SMILES string of the molecule is CC(C)c1ccc(C2CCNCC2)c(CO)c1. The number of nitrogens with one attached hydrogen (secondary N) is 1. The van der Waals surface area contributed by atoms with Crippen LogP contribution in [0.3, 0.4) is 0 Å². The van der Waals surface area contributed by atoms with Crippen molar-refractivity contribution in [2.45, 2.75) is 45.1 Å². The first-order valence-corrected chi connectivity index (χ1v) is 6.66. The van der Waals surface area contributed by atoms with E-state index < -0.39 is 0 Å². The van der Waals surface area contributed by atoms with Crippen molar-refractivity contribution in [2.24, 2.45) is 0 Å². The maximum Gasteiger partial charge on any atom is 0.0684 e. The molecule has 1 heterocycles. The average Bonchev–Trinajstić information content (AvgIpc) is 2.39. The Morgan fingerprint density at radius 1 is 1.29 bits per heavy atom. The highest BCUT2D eigenvalue weighted by molar-refractivity contribution is 5.35. The quantitative estimate of drug-likeness (QED) is 0.841. The lowest BCUT2D eigenvalue weighted by molar-refractivity contribution is 0.278. The van der Waals surface area contributed by atoms with Crippen molar-refractivity contribution in [2.75, 3.05) is 13.1 Å². The molecule has 1 aliphatic rings. The molecule has 0 bridgehead atoms. The van der Waals surface area contributed by atoms with E-state index >= 15 is 0 Å². The number of hydrogen-bond acceptors (Lipinski definition) is 2. The molecule has 1 aliphatic heterocycles. The molecule has 1 aromatic rings. The number of rotatable bonds is 3. The summed E-state index contributed by atoms with van der Waals surface area (Å²) < 4.78 is 0. The molecule has 0 aromatic heterocycles. The van der Waals surface area contributed by atoms with Crippen LogP contribution in [-0.2, 0) is 6.61 Å². The molecule has 0 saturated carbocycles. The molecule has 0 atom stereocenters. The Kier molecular flexibility index (Phi) is 4.19. The van der Waals surface area contributed by atoms with Crippen LogP contribution in [0.25, 0.3) is 0 Å². The van der Waals surface area contributed by atoms with Crippen LogP contribution in [0.15, 0.2) is 18.2 Å². The zero-order valence-electron chi connectivity index (χ0n) is 10.9. The van der Waals surface area contributed by atoms with Gasteiger partial charge in [-0.05, 0) is 54.5 Å². The van der Waals surface area contributed by atoms with Gasteiger partial charge in [0.05, 0.1) is 6.61 Å². The molecule has 0 spiro atoms. The van der Waals surface area contributed by atoms with Crippen LogP contribution in [0.4, 0.5) is 0 Å². The van der Waals surface area contributed by atoms with Gasteiger partial charge in [0.1, 0.15) is 0 Å². The predicted octanol–water partition coefficient (Wildman–Crippen LogP) is 2.77. The summed E-state index contributed by atoms with van der Waals surface area (Å²) >= 11 is 0. The van der Waals surface area contributed by atoms with Crippen molar-refractivity contribution < 1.29 is 5.11 Å². The number of piperidine rings is 1.